The van der Waals surface area contributed by atoms with E-state index >= 15 is 0 Å². The van der Waals surface area contributed by atoms with Gasteiger partial charge >= 0.3 is 0 Å². The van der Waals surface area contributed by atoms with E-state index in [-0.39, 0.29) is 0 Å². The number of aromatic amines is 1. The highest BCUT2D eigenvalue weighted by Crippen LogP contribution is 2.30. The average Bonchev–Trinajstić information content (AvgIpc) is 3.71. The number of hydrogen-bond donors (Lipinski definition) is 1. The molecule has 37 heavy (non-hydrogen) atoms. The number of aromatic nitrogens is 2. The van der Waals surface area contributed by atoms with Crippen LogP contribution in [0, 0.1) is 5.92 Å². The summed E-state index contributed by atoms with van der Waals surface area (Å²) in [6.07, 6.45) is 7.07. The number of hydrogen-bond acceptors (Lipinski definition) is 4. The minimum atomic E-state index is 0.394. The van der Waals surface area contributed by atoms with Gasteiger partial charge < -0.3 is 4.90 Å². The number of para-hydroxylation sites is 1. The van der Waals surface area contributed by atoms with Crippen molar-refractivity contribution in [2.45, 2.75) is 25.8 Å². The molecule has 0 bridgehead atoms. The summed E-state index contributed by atoms with van der Waals surface area (Å²) >= 11 is 0. The van der Waals surface area contributed by atoms with Crippen LogP contribution in [0.5, 0.6) is 0 Å². The topological polar surface area (TPSA) is 52.2 Å². The van der Waals surface area contributed by atoms with Crippen LogP contribution in [-0.2, 0) is 17.8 Å². The molecule has 0 amide bonds. The predicted molar refractivity (Wildman–Crippen MR) is 152 cm³/mol. The molecule has 1 aliphatic heterocycles. The Morgan fingerprint density at radius 3 is 2.30 bits per heavy atom. The van der Waals surface area contributed by atoms with Gasteiger partial charge in [0.15, 0.2) is 0 Å². The number of carbonyl (C=O) groups excluding carboxylic acids is 1. The van der Waals surface area contributed by atoms with E-state index in [0.717, 1.165) is 54.6 Å². The third kappa shape index (κ3) is 7.25. The van der Waals surface area contributed by atoms with E-state index in [2.05, 4.69) is 69.5 Å². The molecule has 2 aliphatic rings. The number of nitrogens with one attached hydrogen (secondary N) is 1. The summed E-state index contributed by atoms with van der Waals surface area (Å²) in [4.78, 5) is 16.3. The summed E-state index contributed by atoms with van der Waals surface area (Å²) in [5.41, 5.74) is 5.79. The SMILES string of the molecule is CN1CCN(Cc2ccc(/C=C/c3n[nH]c4ccccc34)cc2)CC1.O=C(Cc1ccccc1)C1CC1. The van der Waals surface area contributed by atoms with E-state index in [1.165, 1.54) is 24.2 Å². The minimum Gasteiger partial charge on any atom is -0.304 e. The Hall–Kier alpha value is -3.54. The second-order valence-electron chi connectivity index (χ2n) is 10.2. The molecule has 6 rings (SSSR count). The molecule has 0 unspecified atom stereocenters. The smallest absolute Gasteiger partial charge is 0.140 e. The number of fused-ring (bicyclic) bond motifs is 1. The van der Waals surface area contributed by atoms with Crippen molar-refractivity contribution in [1.82, 2.24) is 20.0 Å². The van der Waals surface area contributed by atoms with Crippen LogP contribution in [0.2, 0.25) is 0 Å². The third-order valence-electron chi connectivity index (χ3n) is 7.17. The maximum Gasteiger partial charge on any atom is 0.140 e. The number of benzene rings is 3. The number of H-pyrrole nitrogens is 1. The van der Waals surface area contributed by atoms with Crippen molar-refractivity contribution in [1.29, 1.82) is 0 Å². The Morgan fingerprint density at radius 2 is 1.57 bits per heavy atom. The van der Waals surface area contributed by atoms with E-state index < -0.39 is 0 Å². The first-order valence-electron chi connectivity index (χ1n) is 13.3. The summed E-state index contributed by atoms with van der Waals surface area (Å²) in [5.74, 6) is 0.811. The fourth-order valence-electron chi connectivity index (χ4n) is 4.63. The van der Waals surface area contributed by atoms with E-state index in [1.807, 2.05) is 48.5 Å². The zero-order chi connectivity index (χ0) is 25.5. The first-order valence-corrected chi connectivity index (χ1v) is 13.3. The van der Waals surface area contributed by atoms with Crippen LogP contribution in [0.15, 0.2) is 78.9 Å². The van der Waals surface area contributed by atoms with Gasteiger partial charge in [-0.1, -0.05) is 78.9 Å². The van der Waals surface area contributed by atoms with Crippen molar-refractivity contribution in [2.24, 2.45) is 5.92 Å². The number of piperazine rings is 1. The van der Waals surface area contributed by atoms with Gasteiger partial charge in [-0.15, -0.1) is 0 Å². The quantitative estimate of drug-likeness (QED) is 0.360. The van der Waals surface area contributed by atoms with Gasteiger partial charge in [-0.2, -0.15) is 5.10 Å². The van der Waals surface area contributed by atoms with Crippen molar-refractivity contribution < 1.29 is 4.79 Å². The Morgan fingerprint density at radius 1 is 0.865 bits per heavy atom. The Labute approximate surface area is 219 Å². The maximum absolute atomic E-state index is 11.4. The molecule has 0 atom stereocenters. The molecule has 0 spiro atoms. The van der Waals surface area contributed by atoms with Gasteiger partial charge in [0.05, 0.1) is 11.2 Å². The number of likely N-dealkylation sites (N-methyl/N-ethyl adjacent to an activating group) is 1. The third-order valence-corrected chi connectivity index (χ3v) is 7.17. The van der Waals surface area contributed by atoms with Crippen LogP contribution in [0.3, 0.4) is 0 Å². The second kappa shape index (κ2) is 12.1. The van der Waals surface area contributed by atoms with Gasteiger partial charge in [0.1, 0.15) is 5.78 Å². The van der Waals surface area contributed by atoms with Crippen LogP contribution in [0.1, 0.15) is 35.2 Å². The lowest BCUT2D eigenvalue weighted by Gasteiger charge is -2.32. The fraction of sp³-hybridized carbons (Fsp3) is 0.312. The predicted octanol–water partition coefficient (Wildman–Crippen LogP) is 5.69. The molecule has 1 aromatic heterocycles. The number of nitrogens with zero attached hydrogens (tertiary/aromatic N) is 3. The van der Waals surface area contributed by atoms with Crippen molar-refractivity contribution in [3.8, 4) is 0 Å². The molecule has 4 aromatic rings. The van der Waals surface area contributed by atoms with Crippen LogP contribution in [-0.4, -0.2) is 59.0 Å². The standard InChI is InChI=1S/C21H24N4.C11H12O/c1-24-12-14-25(15-13-24)16-18-8-6-17(7-9-18)10-11-21-19-4-2-3-5-20(19)22-23-21;12-11(10-6-7-10)8-9-4-2-1-3-5-9/h2-11H,12-16H2,1H3,(H,22,23);1-5,10H,6-8H2/b11-10+;. The van der Waals surface area contributed by atoms with Crippen LogP contribution >= 0.6 is 0 Å². The molecular formula is C32H36N4O. The van der Waals surface area contributed by atoms with E-state index in [9.17, 15) is 4.79 Å². The zero-order valence-corrected chi connectivity index (χ0v) is 21.6. The summed E-state index contributed by atoms with van der Waals surface area (Å²) in [6, 6.07) is 27.0. The molecule has 1 aliphatic carbocycles. The highest BCUT2D eigenvalue weighted by Gasteiger charge is 2.28. The van der Waals surface area contributed by atoms with Crippen molar-refractivity contribution in [2.75, 3.05) is 33.2 Å². The molecule has 1 N–H and O–H groups in total. The van der Waals surface area contributed by atoms with Gasteiger partial charge in [-0.3, -0.25) is 14.8 Å². The number of ketones is 1. The lowest BCUT2D eigenvalue weighted by molar-refractivity contribution is -0.119. The molecular weight excluding hydrogens is 456 g/mol. The molecule has 190 valence electrons. The lowest BCUT2D eigenvalue weighted by atomic mass is 10.1. The first-order chi connectivity index (χ1) is 18.1. The highest BCUT2D eigenvalue weighted by molar-refractivity contribution is 5.89. The van der Waals surface area contributed by atoms with E-state index in [0.29, 0.717) is 18.1 Å². The van der Waals surface area contributed by atoms with Gasteiger partial charge in [-0.25, -0.2) is 0 Å². The molecule has 5 heteroatoms. The van der Waals surface area contributed by atoms with Crippen LogP contribution in [0.4, 0.5) is 0 Å². The Balaban J connectivity index is 0.000000195. The van der Waals surface area contributed by atoms with Gasteiger partial charge in [0.25, 0.3) is 0 Å². The molecule has 1 saturated carbocycles. The van der Waals surface area contributed by atoms with Gasteiger partial charge in [0.2, 0.25) is 0 Å². The lowest BCUT2D eigenvalue weighted by Crippen LogP contribution is -2.43. The van der Waals surface area contributed by atoms with E-state index in [1.54, 1.807) is 0 Å². The average molecular weight is 493 g/mol. The summed E-state index contributed by atoms with van der Waals surface area (Å²) in [5, 5.41) is 8.62. The van der Waals surface area contributed by atoms with Crippen molar-refractivity contribution in [3.63, 3.8) is 0 Å². The summed E-state index contributed by atoms with van der Waals surface area (Å²) in [6.45, 7) is 5.69. The monoisotopic (exact) mass is 492 g/mol. The van der Waals surface area contributed by atoms with Crippen molar-refractivity contribution in [3.05, 3.63) is 101 Å². The summed E-state index contributed by atoms with van der Waals surface area (Å²) < 4.78 is 0. The number of carbonyl (C=O) groups is 1. The fourth-order valence-corrected chi connectivity index (χ4v) is 4.63. The van der Waals surface area contributed by atoms with Gasteiger partial charge in [-0.05, 0) is 48.7 Å². The van der Waals surface area contributed by atoms with Crippen molar-refractivity contribution >= 4 is 28.8 Å². The normalized spacial score (nSPS) is 16.6. The van der Waals surface area contributed by atoms with Crippen LogP contribution < -0.4 is 0 Å². The van der Waals surface area contributed by atoms with E-state index in [4.69, 9.17) is 0 Å². The molecule has 2 fully saturated rings. The molecule has 2 heterocycles. The Bertz CT molecular complexity index is 1310. The largest absolute Gasteiger partial charge is 0.304 e. The molecule has 0 radical (unpaired) electrons. The molecule has 5 nitrogen and oxygen atoms in total. The molecule has 1 saturated heterocycles. The second-order valence-corrected chi connectivity index (χ2v) is 10.2. The molecule has 3 aromatic carbocycles. The minimum absolute atomic E-state index is 0.394. The Kier molecular flexibility index (Phi) is 8.24. The van der Waals surface area contributed by atoms with Crippen LogP contribution in [0.25, 0.3) is 23.1 Å². The number of rotatable bonds is 7. The summed E-state index contributed by atoms with van der Waals surface area (Å²) in [7, 11) is 2.20. The van der Waals surface area contributed by atoms with Gasteiger partial charge in [0, 0.05) is 50.4 Å². The maximum atomic E-state index is 11.4. The first kappa shape index (κ1) is 25.1. The number of Topliss-reactive ketones (excluding diaryl/α,β-unsaturated/α-hetero) is 1. The zero-order valence-electron chi connectivity index (χ0n) is 21.6. The highest BCUT2D eigenvalue weighted by atomic mass is 16.1.